The molecule has 2 aromatic carbocycles. The second kappa shape index (κ2) is 7.10. The van der Waals surface area contributed by atoms with Crippen LogP contribution in [-0.2, 0) is 11.8 Å². The van der Waals surface area contributed by atoms with Crippen molar-refractivity contribution in [3.63, 3.8) is 0 Å². The Morgan fingerprint density at radius 1 is 1.11 bits per heavy atom. The number of benzene rings is 2. The molecule has 3 saturated carbocycles. The average molecular weight is 373 g/mol. The monoisotopic (exact) mass is 372 g/mol. The summed E-state index contributed by atoms with van der Waals surface area (Å²) in [4.78, 5) is 0. The van der Waals surface area contributed by atoms with E-state index in [0.29, 0.717) is 11.7 Å². The van der Waals surface area contributed by atoms with E-state index in [9.17, 15) is 5.11 Å². The first kappa shape index (κ1) is 18.0. The minimum atomic E-state index is 0.252. The van der Waals surface area contributed by atoms with E-state index < -0.39 is 0 Å². The van der Waals surface area contributed by atoms with Crippen molar-refractivity contribution in [3.05, 3.63) is 77.9 Å². The van der Waals surface area contributed by atoms with Crippen LogP contribution in [-0.4, -0.2) is 5.11 Å². The van der Waals surface area contributed by atoms with E-state index in [1.54, 1.807) is 0 Å². The van der Waals surface area contributed by atoms with Gasteiger partial charge in [-0.2, -0.15) is 0 Å². The topological polar surface area (TPSA) is 20.2 Å². The van der Waals surface area contributed by atoms with E-state index in [0.717, 1.165) is 23.7 Å². The van der Waals surface area contributed by atoms with Crippen LogP contribution in [0.3, 0.4) is 0 Å². The van der Waals surface area contributed by atoms with E-state index in [4.69, 9.17) is 0 Å². The van der Waals surface area contributed by atoms with Gasteiger partial charge in [0.25, 0.3) is 0 Å². The molecule has 1 nitrogen and oxygen atoms in total. The maximum absolute atomic E-state index is 10.2. The van der Waals surface area contributed by atoms with E-state index in [-0.39, 0.29) is 5.41 Å². The van der Waals surface area contributed by atoms with Crippen LogP contribution < -0.4 is 0 Å². The lowest BCUT2D eigenvalue weighted by atomic mass is 9.56. The number of aryl methyl sites for hydroxylation is 1. The molecule has 4 bridgehead atoms. The van der Waals surface area contributed by atoms with Crippen LogP contribution in [0, 0.1) is 29.6 Å². The summed E-state index contributed by atoms with van der Waals surface area (Å²) in [5.74, 6) is 4.38. The highest BCUT2D eigenvalue weighted by Gasteiger charge is 2.66. The summed E-state index contributed by atoms with van der Waals surface area (Å²) in [5.41, 5.74) is 3.13. The van der Waals surface area contributed by atoms with E-state index in [2.05, 4.69) is 67.6 Å². The Bertz CT molecular complexity index is 854. The van der Waals surface area contributed by atoms with Crippen molar-refractivity contribution in [2.75, 3.05) is 0 Å². The fourth-order valence-electron chi connectivity index (χ4n) is 7.56. The summed E-state index contributed by atoms with van der Waals surface area (Å²) in [7, 11) is 0. The Labute approximate surface area is 169 Å². The van der Waals surface area contributed by atoms with Gasteiger partial charge in [0.2, 0.25) is 0 Å². The number of phenols is 1. The molecule has 6 atom stereocenters. The second-order valence-electron chi connectivity index (χ2n) is 9.40. The summed E-state index contributed by atoms with van der Waals surface area (Å²) < 4.78 is 0. The predicted octanol–water partition coefficient (Wildman–Crippen LogP) is 6.52. The smallest absolute Gasteiger partial charge is 0.115 e. The fourth-order valence-corrected chi connectivity index (χ4v) is 7.56. The van der Waals surface area contributed by atoms with Gasteiger partial charge in [0, 0.05) is 5.41 Å². The Morgan fingerprint density at radius 2 is 1.96 bits per heavy atom. The number of hydrogen-bond donors (Lipinski definition) is 1. The Morgan fingerprint density at radius 3 is 2.75 bits per heavy atom. The van der Waals surface area contributed by atoms with Gasteiger partial charge in [-0.1, -0.05) is 61.0 Å². The first-order valence-corrected chi connectivity index (χ1v) is 11.2. The normalized spacial score (nSPS) is 36.2. The van der Waals surface area contributed by atoms with Crippen molar-refractivity contribution >= 4 is 0 Å². The fraction of sp³-hybridized carbons (Fsp3) is 0.481. The van der Waals surface area contributed by atoms with Crippen LogP contribution in [0.2, 0.25) is 0 Å². The molecule has 146 valence electrons. The molecule has 3 fully saturated rings. The molecule has 5 rings (SSSR count). The molecule has 1 N–H and O–H groups in total. The predicted molar refractivity (Wildman–Crippen MR) is 115 cm³/mol. The molecular formula is C27H32O. The van der Waals surface area contributed by atoms with E-state index in [1.165, 1.54) is 49.7 Å². The highest BCUT2D eigenvalue weighted by atomic mass is 16.3. The Kier molecular flexibility index (Phi) is 4.57. The average Bonchev–Trinajstić information content (AvgIpc) is 3.15. The summed E-state index contributed by atoms with van der Waals surface area (Å²) in [6.45, 7) is 2.19. The van der Waals surface area contributed by atoms with Gasteiger partial charge in [-0.25, -0.2) is 0 Å². The molecule has 3 unspecified atom stereocenters. The van der Waals surface area contributed by atoms with E-state index >= 15 is 0 Å². The third kappa shape index (κ3) is 2.66. The van der Waals surface area contributed by atoms with Crippen molar-refractivity contribution < 1.29 is 5.11 Å². The van der Waals surface area contributed by atoms with Crippen molar-refractivity contribution in [1.82, 2.24) is 0 Å². The molecule has 3 aliphatic rings. The summed E-state index contributed by atoms with van der Waals surface area (Å²) >= 11 is 0. The molecule has 0 aromatic heterocycles. The van der Waals surface area contributed by atoms with Crippen LogP contribution in [0.25, 0.3) is 0 Å². The van der Waals surface area contributed by atoms with Gasteiger partial charge in [0.15, 0.2) is 0 Å². The maximum atomic E-state index is 10.2. The van der Waals surface area contributed by atoms with Gasteiger partial charge in [-0.3, -0.25) is 0 Å². The summed E-state index contributed by atoms with van der Waals surface area (Å²) in [5, 5.41) is 10.2. The lowest BCUT2D eigenvalue weighted by Gasteiger charge is -2.47. The highest BCUT2D eigenvalue weighted by molar-refractivity contribution is 5.40. The molecule has 0 heterocycles. The van der Waals surface area contributed by atoms with Gasteiger partial charge in [0.1, 0.15) is 5.75 Å². The summed E-state index contributed by atoms with van der Waals surface area (Å²) in [6, 6.07) is 19.2. The zero-order chi connectivity index (χ0) is 19.1. The number of allylic oxidation sites excluding steroid dienone is 2. The van der Waals surface area contributed by atoms with Gasteiger partial charge >= 0.3 is 0 Å². The lowest BCUT2D eigenvalue weighted by Crippen LogP contribution is -2.43. The maximum Gasteiger partial charge on any atom is 0.115 e. The number of aromatic hydroxyl groups is 1. The zero-order valence-corrected chi connectivity index (χ0v) is 16.9. The highest BCUT2D eigenvalue weighted by Crippen LogP contribution is 2.71. The second-order valence-corrected chi connectivity index (χ2v) is 9.40. The van der Waals surface area contributed by atoms with Gasteiger partial charge in [-0.15, -0.1) is 0 Å². The van der Waals surface area contributed by atoms with Crippen molar-refractivity contribution in [3.8, 4) is 5.75 Å². The molecule has 0 spiro atoms. The SMILES string of the molecule is C/C=C\[C@@H]1[C@H]2C(CCc3ccccc3)CC3[C@H]2CCCC31c1cccc(O)c1. The third-order valence-corrected chi connectivity index (χ3v) is 8.34. The molecule has 0 amide bonds. The molecule has 28 heavy (non-hydrogen) atoms. The molecule has 0 radical (unpaired) electrons. The largest absolute Gasteiger partial charge is 0.508 e. The molecular weight excluding hydrogens is 340 g/mol. The van der Waals surface area contributed by atoms with Gasteiger partial charge < -0.3 is 5.11 Å². The van der Waals surface area contributed by atoms with Gasteiger partial charge in [0.05, 0.1) is 0 Å². The van der Waals surface area contributed by atoms with Gasteiger partial charge in [-0.05, 0) is 91.9 Å². The summed E-state index contributed by atoms with van der Waals surface area (Å²) in [6.07, 6.45) is 12.8. The Hall–Kier alpha value is -2.02. The minimum Gasteiger partial charge on any atom is -0.508 e. The van der Waals surface area contributed by atoms with Crippen LogP contribution in [0.4, 0.5) is 0 Å². The minimum absolute atomic E-state index is 0.252. The first-order chi connectivity index (χ1) is 13.7. The van der Waals surface area contributed by atoms with Crippen molar-refractivity contribution in [1.29, 1.82) is 0 Å². The number of hydrogen-bond acceptors (Lipinski definition) is 1. The number of rotatable bonds is 5. The third-order valence-electron chi connectivity index (χ3n) is 8.34. The molecule has 0 saturated heterocycles. The van der Waals surface area contributed by atoms with Crippen molar-refractivity contribution in [2.24, 2.45) is 29.6 Å². The lowest BCUT2D eigenvalue weighted by molar-refractivity contribution is 0.131. The first-order valence-electron chi connectivity index (χ1n) is 11.2. The van der Waals surface area contributed by atoms with E-state index in [1.807, 2.05) is 6.07 Å². The van der Waals surface area contributed by atoms with Crippen LogP contribution >= 0.6 is 0 Å². The van der Waals surface area contributed by atoms with Crippen LogP contribution in [0.5, 0.6) is 5.75 Å². The van der Waals surface area contributed by atoms with Crippen LogP contribution in [0.1, 0.15) is 50.2 Å². The molecule has 0 aliphatic heterocycles. The molecule has 1 heteroatoms. The molecule has 3 aliphatic carbocycles. The zero-order valence-electron chi connectivity index (χ0n) is 16.9. The Balaban J connectivity index is 1.47. The quantitative estimate of drug-likeness (QED) is 0.592. The molecule has 2 aromatic rings. The standard InChI is InChI=1S/C27H32O/c1-2-8-24-26-20(15-14-19-9-4-3-5-10-19)17-25-23(26)13-7-16-27(24,25)21-11-6-12-22(28)18-21/h2-6,8-12,18,20,23-26,28H,7,13-17H2,1H3/b8-2-/t20?,23-,24-,25?,26+,27?/m1/s1. The number of phenolic OH excluding ortho intramolecular Hbond substituents is 1. The van der Waals surface area contributed by atoms with Crippen molar-refractivity contribution in [2.45, 2.75) is 50.9 Å². The van der Waals surface area contributed by atoms with Crippen LogP contribution in [0.15, 0.2) is 66.7 Å².